The number of carbonyl (C=O) groups is 1. The summed E-state index contributed by atoms with van der Waals surface area (Å²) >= 11 is 6.08. The Kier molecular flexibility index (Phi) is 4.96. The number of rotatable bonds is 4. The third kappa shape index (κ3) is 3.45. The van der Waals surface area contributed by atoms with E-state index < -0.39 is 0 Å². The van der Waals surface area contributed by atoms with Crippen LogP contribution in [-0.2, 0) is 4.79 Å². The molecule has 0 radical (unpaired) electrons. The number of hydrogen-bond acceptors (Lipinski definition) is 5. The molecular formula is C22H21ClN6O. The molecule has 2 aliphatic heterocycles. The van der Waals surface area contributed by atoms with Crippen LogP contribution < -0.4 is 4.90 Å². The van der Waals surface area contributed by atoms with Crippen LogP contribution in [0.15, 0.2) is 60.7 Å². The Balaban J connectivity index is 1.58. The molecule has 1 fully saturated rings. The van der Waals surface area contributed by atoms with Gasteiger partial charge in [-0.3, -0.25) is 9.69 Å². The van der Waals surface area contributed by atoms with Crippen LogP contribution in [0.1, 0.15) is 30.0 Å². The molecule has 3 heterocycles. The number of anilines is 1. The van der Waals surface area contributed by atoms with Crippen LogP contribution in [0.4, 0.5) is 5.95 Å². The van der Waals surface area contributed by atoms with E-state index in [2.05, 4.69) is 21.6 Å². The van der Waals surface area contributed by atoms with E-state index in [0.29, 0.717) is 11.0 Å². The van der Waals surface area contributed by atoms with Gasteiger partial charge in [-0.25, -0.2) is 0 Å². The summed E-state index contributed by atoms with van der Waals surface area (Å²) in [5.41, 5.74) is 2.96. The monoisotopic (exact) mass is 420 g/mol. The van der Waals surface area contributed by atoms with Crippen molar-refractivity contribution < 1.29 is 4.79 Å². The molecule has 152 valence electrons. The normalized spacial score (nSPS) is 18.3. The minimum absolute atomic E-state index is 0.0915. The summed E-state index contributed by atoms with van der Waals surface area (Å²) in [6.45, 7) is 1.83. The number of tetrazole rings is 1. The molecule has 1 saturated heterocycles. The largest absolute Gasteiger partial charge is 0.341 e. The minimum atomic E-state index is -0.194. The molecule has 1 atom stereocenters. The Morgan fingerprint density at radius 2 is 1.77 bits per heavy atom. The summed E-state index contributed by atoms with van der Waals surface area (Å²) in [4.78, 5) is 16.8. The standard InChI is InChI=1S/C22H21ClN6O/c23-18-10-8-17(9-11-18)20-14-19(16-6-2-1-3-7-16)28(22-24-25-26-29(20)22)15-21(30)27-12-4-5-13-27/h1-3,6-11,14,20H,4-5,12-13,15H2/t20-/m1/s1. The van der Waals surface area contributed by atoms with Gasteiger partial charge in [0, 0.05) is 18.1 Å². The summed E-state index contributed by atoms with van der Waals surface area (Å²) in [6, 6.07) is 17.5. The van der Waals surface area contributed by atoms with E-state index in [4.69, 9.17) is 11.6 Å². The van der Waals surface area contributed by atoms with E-state index >= 15 is 0 Å². The number of fused-ring (bicyclic) bond motifs is 1. The van der Waals surface area contributed by atoms with Gasteiger partial charge in [-0.2, -0.15) is 4.68 Å². The Hall–Kier alpha value is -3.19. The van der Waals surface area contributed by atoms with Gasteiger partial charge in [0.05, 0.1) is 5.70 Å². The van der Waals surface area contributed by atoms with E-state index in [9.17, 15) is 4.79 Å². The zero-order chi connectivity index (χ0) is 20.5. The first-order valence-corrected chi connectivity index (χ1v) is 10.4. The van der Waals surface area contributed by atoms with E-state index in [0.717, 1.165) is 42.8 Å². The Bertz CT molecular complexity index is 1070. The lowest BCUT2D eigenvalue weighted by atomic mass is 10.0. The van der Waals surface area contributed by atoms with Crippen molar-refractivity contribution >= 4 is 29.2 Å². The highest BCUT2D eigenvalue weighted by molar-refractivity contribution is 6.30. The van der Waals surface area contributed by atoms with Gasteiger partial charge in [0.25, 0.3) is 5.95 Å². The van der Waals surface area contributed by atoms with Crippen molar-refractivity contribution in [2.75, 3.05) is 24.5 Å². The van der Waals surface area contributed by atoms with Gasteiger partial charge in [-0.15, -0.1) is 0 Å². The van der Waals surface area contributed by atoms with E-state index in [1.807, 2.05) is 64.4 Å². The summed E-state index contributed by atoms with van der Waals surface area (Å²) in [6.07, 6.45) is 4.23. The summed E-state index contributed by atoms with van der Waals surface area (Å²) in [7, 11) is 0. The van der Waals surface area contributed by atoms with Gasteiger partial charge in [-0.05, 0) is 52.6 Å². The number of nitrogens with zero attached hydrogens (tertiary/aromatic N) is 6. The molecule has 1 aromatic heterocycles. The molecule has 2 aromatic carbocycles. The van der Waals surface area contributed by atoms with Crippen molar-refractivity contribution in [2.45, 2.75) is 18.9 Å². The van der Waals surface area contributed by atoms with Crippen molar-refractivity contribution in [3.05, 3.63) is 76.8 Å². The molecule has 1 amide bonds. The van der Waals surface area contributed by atoms with E-state index in [-0.39, 0.29) is 18.5 Å². The van der Waals surface area contributed by atoms with Crippen molar-refractivity contribution in [3.8, 4) is 0 Å². The third-order valence-electron chi connectivity index (χ3n) is 5.62. The van der Waals surface area contributed by atoms with Crippen LogP contribution in [0, 0.1) is 0 Å². The minimum Gasteiger partial charge on any atom is -0.341 e. The molecule has 0 N–H and O–H groups in total. The first kappa shape index (κ1) is 18.8. The zero-order valence-corrected chi connectivity index (χ0v) is 17.1. The Morgan fingerprint density at radius 1 is 1.03 bits per heavy atom. The number of hydrogen-bond donors (Lipinski definition) is 0. The quantitative estimate of drug-likeness (QED) is 0.647. The maximum absolute atomic E-state index is 13.0. The lowest BCUT2D eigenvalue weighted by Crippen LogP contribution is -2.41. The molecule has 7 nitrogen and oxygen atoms in total. The van der Waals surface area contributed by atoms with Crippen molar-refractivity contribution in [1.29, 1.82) is 0 Å². The fourth-order valence-corrected chi connectivity index (χ4v) is 4.21. The third-order valence-corrected chi connectivity index (χ3v) is 5.87. The zero-order valence-electron chi connectivity index (χ0n) is 16.4. The molecular weight excluding hydrogens is 400 g/mol. The SMILES string of the molecule is O=C(CN1C(c2ccccc2)=C[C@H](c2ccc(Cl)cc2)n2nnnc21)N1CCCC1. The predicted octanol–water partition coefficient (Wildman–Crippen LogP) is 3.40. The second-order valence-electron chi connectivity index (χ2n) is 7.51. The Morgan fingerprint density at radius 3 is 2.50 bits per heavy atom. The number of allylic oxidation sites excluding steroid dienone is 1. The molecule has 8 heteroatoms. The van der Waals surface area contributed by atoms with Gasteiger partial charge in [0.15, 0.2) is 0 Å². The fraction of sp³-hybridized carbons (Fsp3) is 0.273. The first-order valence-electron chi connectivity index (χ1n) is 10.1. The van der Waals surface area contributed by atoms with Crippen molar-refractivity contribution in [3.63, 3.8) is 0 Å². The highest BCUT2D eigenvalue weighted by Crippen LogP contribution is 2.36. The number of carbonyl (C=O) groups excluding carboxylic acids is 1. The van der Waals surface area contributed by atoms with Crippen LogP contribution >= 0.6 is 11.6 Å². The van der Waals surface area contributed by atoms with Crippen LogP contribution in [0.2, 0.25) is 5.02 Å². The molecule has 0 unspecified atom stereocenters. The molecule has 0 bridgehead atoms. The summed E-state index contributed by atoms with van der Waals surface area (Å²) < 4.78 is 1.76. The lowest BCUT2D eigenvalue weighted by molar-refractivity contribution is -0.128. The molecule has 0 saturated carbocycles. The second-order valence-corrected chi connectivity index (χ2v) is 7.95. The predicted molar refractivity (Wildman–Crippen MR) is 115 cm³/mol. The molecule has 5 rings (SSSR count). The van der Waals surface area contributed by atoms with Crippen LogP contribution in [0.25, 0.3) is 5.70 Å². The highest BCUT2D eigenvalue weighted by Gasteiger charge is 2.33. The topological polar surface area (TPSA) is 67.2 Å². The number of likely N-dealkylation sites (tertiary alicyclic amines) is 1. The van der Waals surface area contributed by atoms with Crippen molar-refractivity contribution in [1.82, 2.24) is 25.1 Å². The highest BCUT2D eigenvalue weighted by atomic mass is 35.5. The number of aromatic nitrogens is 4. The van der Waals surface area contributed by atoms with Crippen molar-refractivity contribution in [2.24, 2.45) is 0 Å². The average molecular weight is 421 g/mol. The number of amides is 1. The van der Waals surface area contributed by atoms with Crippen LogP contribution in [0.3, 0.4) is 0 Å². The second kappa shape index (κ2) is 7.91. The Labute approximate surface area is 179 Å². The molecule has 2 aliphatic rings. The van der Waals surface area contributed by atoms with Gasteiger partial charge in [0.1, 0.15) is 12.6 Å². The van der Waals surface area contributed by atoms with Gasteiger partial charge >= 0.3 is 0 Å². The maximum atomic E-state index is 13.0. The molecule has 0 aliphatic carbocycles. The maximum Gasteiger partial charge on any atom is 0.251 e. The van der Waals surface area contributed by atoms with Crippen LogP contribution in [-0.4, -0.2) is 50.6 Å². The smallest absolute Gasteiger partial charge is 0.251 e. The van der Waals surface area contributed by atoms with Gasteiger partial charge in [-0.1, -0.05) is 59.2 Å². The number of halogens is 1. The summed E-state index contributed by atoms with van der Waals surface area (Å²) in [5.74, 6) is 0.651. The van der Waals surface area contributed by atoms with Gasteiger partial charge < -0.3 is 4.90 Å². The molecule has 0 spiro atoms. The first-order chi connectivity index (χ1) is 14.7. The lowest BCUT2D eigenvalue weighted by Gasteiger charge is -2.33. The molecule has 3 aromatic rings. The van der Waals surface area contributed by atoms with E-state index in [1.165, 1.54) is 0 Å². The van der Waals surface area contributed by atoms with Gasteiger partial charge in [0.2, 0.25) is 5.91 Å². The molecule has 30 heavy (non-hydrogen) atoms. The number of benzene rings is 2. The average Bonchev–Trinajstić information content (AvgIpc) is 3.48. The van der Waals surface area contributed by atoms with E-state index in [1.54, 1.807) is 4.68 Å². The van der Waals surface area contributed by atoms with Crippen LogP contribution in [0.5, 0.6) is 0 Å². The summed E-state index contributed by atoms with van der Waals surface area (Å²) in [5, 5.41) is 13.1. The fourth-order valence-electron chi connectivity index (χ4n) is 4.08.